The number of aryl methyl sites for hydroxylation is 2. The Balaban J connectivity index is 1.86. The van der Waals surface area contributed by atoms with Crippen LogP contribution in [0.1, 0.15) is 21.8 Å². The standard InChI is InChI=1S/C15H17NO3S/c1-10-3-4-13(11(2)7-10)19-6-5-14-16-12(9-20-14)8-15(17)18/h3-4,7,9H,5-6,8H2,1-2H3,(H,17,18). The zero-order valence-electron chi connectivity index (χ0n) is 11.5. The van der Waals surface area contributed by atoms with E-state index in [0.717, 1.165) is 16.3 Å². The molecule has 106 valence electrons. The molecule has 1 aromatic heterocycles. The van der Waals surface area contributed by atoms with Gasteiger partial charge in [-0.1, -0.05) is 17.7 Å². The molecule has 2 aromatic rings. The molecule has 0 aliphatic carbocycles. The fourth-order valence-corrected chi connectivity index (χ4v) is 2.69. The van der Waals surface area contributed by atoms with Crippen LogP contribution >= 0.6 is 11.3 Å². The molecule has 1 N–H and O–H groups in total. The fraction of sp³-hybridized carbons (Fsp3) is 0.333. The van der Waals surface area contributed by atoms with Crippen LogP contribution in [-0.2, 0) is 17.6 Å². The van der Waals surface area contributed by atoms with Crippen molar-refractivity contribution in [3.8, 4) is 5.75 Å². The van der Waals surface area contributed by atoms with Crippen molar-refractivity contribution < 1.29 is 14.6 Å². The lowest BCUT2D eigenvalue weighted by atomic mass is 10.1. The second kappa shape index (κ2) is 6.52. The van der Waals surface area contributed by atoms with Crippen LogP contribution in [0.5, 0.6) is 5.75 Å². The maximum Gasteiger partial charge on any atom is 0.309 e. The van der Waals surface area contributed by atoms with E-state index in [2.05, 4.69) is 18.0 Å². The minimum Gasteiger partial charge on any atom is -0.493 e. The molecule has 0 aliphatic heterocycles. The molecule has 0 saturated carbocycles. The lowest BCUT2D eigenvalue weighted by Crippen LogP contribution is -2.03. The SMILES string of the molecule is Cc1ccc(OCCc2nc(CC(=O)O)cs2)c(C)c1. The van der Waals surface area contributed by atoms with Crippen LogP contribution in [0, 0.1) is 13.8 Å². The first-order valence-corrected chi connectivity index (χ1v) is 7.27. The summed E-state index contributed by atoms with van der Waals surface area (Å²) >= 11 is 1.48. The minimum absolute atomic E-state index is 0.0194. The van der Waals surface area contributed by atoms with Crippen LogP contribution in [0.15, 0.2) is 23.6 Å². The third-order valence-electron chi connectivity index (χ3n) is 2.84. The second-order valence-electron chi connectivity index (χ2n) is 4.67. The molecule has 0 fully saturated rings. The number of hydrogen-bond acceptors (Lipinski definition) is 4. The van der Waals surface area contributed by atoms with E-state index in [1.54, 1.807) is 5.38 Å². The van der Waals surface area contributed by atoms with Gasteiger partial charge in [-0.25, -0.2) is 4.98 Å². The zero-order valence-corrected chi connectivity index (χ0v) is 12.4. The molecule has 4 nitrogen and oxygen atoms in total. The molecule has 20 heavy (non-hydrogen) atoms. The number of hydrogen-bond donors (Lipinski definition) is 1. The third kappa shape index (κ3) is 4.06. The zero-order chi connectivity index (χ0) is 14.5. The minimum atomic E-state index is -0.853. The van der Waals surface area contributed by atoms with Crippen molar-refractivity contribution in [3.63, 3.8) is 0 Å². The van der Waals surface area contributed by atoms with Gasteiger partial charge in [0.2, 0.25) is 0 Å². The number of rotatable bonds is 6. The van der Waals surface area contributed by atoms with Crippen molar-refractivity contribution >= 4 is 17.3 Å². The molecule has 5 heteroatoms. The quantitative estimate of drug-likeness (QED) is 0.888. The van der Waals surface area contributed by atoms with Gasteiger partial charge in [-0.3, -0.25) is 4.79 Å². The van der Waals surface area contributed by atoms with Crippen molar-refractivity contribution in [3.05, 3.63) is 45.4 Å². The summed E-state index contributed by atoms with van der Waals surface area (Å²) in [5.74, 6) is 0.0336. The van der Waals surface area contributed by atoms with Gasteiger partial charge in [-0.05, 0) is 25.5 Å². The molecule has 0 saturated heterocycles. The van der Waals surface area contributed by atoms with Gasteiger partial charge >= 0.3 is 5.97 Å². The maximum atomic E-state index is 10.6. The normalized spacial score (nSPS) is 10.5. The Labute approximate surface area is 122 Å². The lowest BCUT2D eigenvalue weighted by Gasteiger charge is -2.08. The number of aromatic nitrogens is 1. The summed E-state index contributed by atoms with van der Waals surface area (Å²) < 4.78 is 5.74. The smallest absolute Gasteiger partial charge is 0.309 e. The summed E-state index contributed by atoms with van der Waals surface area (Å²) in [6, 6.07) is 6.09. The van der Waals surface area contributed by atoms with E-state index in [1.807, 2.05) is 19.1 Å². The van der Waals surface area contributed by atoms with Crippen molar-refractivity contribution in [1.82, 2.24) is 4.98 Å². The van der Waals surface area contributed by atoms with Gasteiger partial charge in [0.05, 0.1) is 23.7 Å². The largest absolute Gasteiger partial charge is 0.493 e. The lowest BCUT2D eigenvalue weighted by molar-refractivity contribution is -0.136. The highest BCUT2D eigenvalue weighted by molar-refractivity contribution is 7.09. The van der Waals surface area contributed by atoms with Crippen LogP contribution in [0.3, 0.4) is 0 Å². The summed E-state index contributed by atoms with van der Waals surface area (Å²) in [4.78, 5) is 14.9. The summed E-state index contributed by atoms with van der Waals surface area (Å²) in [7, 11) is 0. The van der Waals surface area contributed by atoms with Crippen LogP contribution in [0.25, 0.3) is 0 Å². The highest BCUT2D eigenvalue weighted by atomic mass is 32.1. The monoisotopic (exact) mass is 291 g/mol. The van der Waals surface area contributed by atoms with Crippen molar-refractivity contribution in [2.45, 2.75) is 26.7 Å². The molecular formula is C15H17NO3S. The van der Waals surface area contributed by atoms with Gasteiger partial charge in [0.25, 0.3) is 0 Å². The Morgan fingerprint density at radius 3 is 2.90 bits per heavy atom. The van der Waals surface area contributed by atoms with Crippen LogP contribution in [0.2, 0.25) is 0 Å². The molecule has 0 bridgehead atoms. The average Bonchev–Trinajstić information content (AvgIpc) is 2.79. The third-order valence-corrected chi connectivity index (χ3v) is 3.79. The summed E-state index contributed by atoms with van der Waals surface area (Å²) in [6.07, 6.45) is 0.673. The first kappa shape index (κ1) is 14.5. The molecule has 0 atom stereocenters. The van der Waals surface area contributed by atoms with Gasteiger partial charge in [-0.15, -0.1) is 11.3 Å². The van der Waals surface area contributed by atoms with E-state index in [4.69, 9.17) is 9.84 Å². The number of benzene rings is 1. The van der Waals surface area contributed by atoms with Gasteiger partial charge < -0.3 is 9.84 Å². The molecule has 2 rings (SSSR count). The Kier molecular flexibility index (Phi) is 4.74. The number of ether oxygens (including phenoxy) is 1. The van der Waals surface area contributed by atoms with Gasteiger partial charge in [-0.2, -0.15) is 0 Å². The van der Waals surface area contributed by atoms with E-state index >= 15 is 0 Å². The van der Waals surface area contributed by atoms with Crippen LogP contribution in [-0.4, -0.2) is 22.7 Å². The second-order valence-corrected chi connectivity index (χ2v) is 5.61. The summed E-state index contributed by atoms with van der Waals surface area (Å²) in [6.45, 7) is 4.62. The number of carbonyl (C=O) groups is 1. The van der Waals surface area contributed by atoms with Gasteiger partial charge in [0, 0.05) is 11.8 Å². The van der Waals surface area contributed by atoms with E-state index in [1.165, 1.54) is 16.9 Å². The predicted octanol–water partition coefficient (Wildman–Crippen LogP) is 3.01. The van der Waals surface area contributed by atoms with E-state index in [0.29, 0.717) is 18.7 Å². The molecule has 0 aliphatic rings. The fourth-order valence-electron chi connectivity index (χ4n) is 1.91. The molecule has 0 spiro atoms. The summed E-state index contributed by atoms with van der Waals surface area (Å²) in [5.41, 5.74) is 2.95. The molecule has 0 radical (unpaired) electrons. The predicted molar refractivity (Wildman–Crippen MR) is 78.6 cm³/mol. The highest BCUT2D eigenvalue weighted by Crippen LogP contribution is 2.19. The van der Waals surface area contributed by atoms with Crippen molar-refractivity contribution in [1.29, 1.82) is 0 Å². The van der Waals surface area contributed by atoms with E-state index in [-0.39, 0.29) is 6.42 Å². The Morgan fingerprint density at radius 1 is 1.40 bits per heavy atom. The Hall–Kier alpha value is -1.88. The molecule has 0 unspecified atom stereocenters. The Morgan fingerprint density at radius 2 is 2.20 bits per heavy atom. The molecular weight excluding hydrogens is 274 g/mol. The van der Waals surface area contributed by atoms with Crippen LogP contribution < -0.4 is 4.74 Å². The van der Waals surface area contributed by atoms with Gasteiger partial charge in [0.15, 0.2) is 0 Å². The van der Waals surface area contributed by atoms with Crippen molar-refractivity contribution in [2.24, 2.45) is 0 Å². The number of carboxylic acids is 1. The number of nitrogens with zero attached hydrogens (tertiary/aromatic N) is 1. The highest BCUT2D eigenvalue weighted by Gasteiger charge is 2.06. The Bertz CT molecular complexity index is 607. The first-order valence-electron chi connectivity index (χ1n) is 6.39. The number of carboxylic acid groups (broad SMARTS) is 1. The van der Waals surface area contributed by atoms with E-state index in [9.17, 15) is 4.79 Å². The average molecular weight is 291 g/mol. The summed E-state index contributed by atoms with van der Waals surface area (Å²) in [5, 5.41) is 11.4. The van der Waals surface area contributed by atoms with Crippen molar-refractivity contribution in [2.75, 3.05) is 6.61 Å². The van der Waals surface area contributed by atoms with Crippen LogP contribution in [0.4, 0.5) is 0 Å². The molecule has 0 amide bonds. The maximum absolute atomic E-state index is 10.6. The van der Waals surface area contributed by atoms with Gasteiger partial charge in [0.1, 0.15) is 5.75 Å². The first-order chi connectivity index (χ1) is 9.54. The van der Waals surface area contributed by atoms with E-state index < -0.39 is 5.97 Å². The number of thiazole rings is 1. The molecule has 1 aromatic carbocycles. The topological polar surface area (TPSA) is 59.4 Å². The number of aliphatic carboxylic acids is 1. The molecule has 1 heterocycles.